The summed E-state index contributed by atoms with van der Waals surface area (Å²) in [6.07, 6.45) is 3.88. The summed E-state index contributed by atoms with van der Waals surface area (Å²) in [6.45, 7) is 6.72. The second kappa shape index (κ2) is 7.69. The van der Waals surface area contributed by atoms with Gasteiger partial charge in [0.05, 0.1) is 14.2 Å². The Balaban J connectivity index is 2.08. The molecule has 118 valence electrons. The Bertz CT molecular complexity index is 445. The molecular weight excluding hydrogens is 262 g/mol. The molecule has 1 fully saturated rings. The van der Waals surface area contributed by atoms with Gasteiger partial charge < -0.3 is 14.8 Å². The quantitative estimate of drug-likeness (QED) is 0.828. The van der Waals surface area contributed by atoms with Gasteiger partial charge in [0.2, 0.25) is 0 Å². The third-order valence-electron chi connectivity index (χ3n) is 4.46. The Morgan fingerprint density at radius 1 is 1.19 bits per heavy atom. The number of benzene rings is 1. The standard InChI is InChI=1S/C18H29NO2/c1-13(2)11-19-12-14-6-5-7-16(14)17-9-8-15(20-3)10-18(17)21-4/h8-10,13-14,16,19H,5-7,11-12H2,1-4H3. The van der Waals surface area contributed by atoms with E-state index in [0.717, 1.165) is 24.6 Å². The molecule has 1 aliphatic carbocycles. The average Bonchev–Trinajstić information content (AvgIpc) is 2.94. The predicted octanol–water partition coefficient (Wildman–Crippen LogP) is 3.83. The molecule has 1 aromatic rings. The van der Waals surface area contributed by atoms with E-state index in [1.807, 2.05) is 6.07 Å². The first-order valence-corrected chi connectivity index (χ1v) is 8.08. The number of nitrogens with one attached hydrogen (secondary N) is 1. The summed E-state index contributed by atoms with van der Waals surface area (Å²) in [7, 11) is 3.45. The molecule has 0 saturated heterocycles. The number of hydrogen-bond acceptors (Lipinski definition) is 3. The maximum absolute atomic E-state index is 5.59. The van der Waals surface area contributed by atoms with Crippen molar-refractivity contribution in [1.82, 2.24) is 5.32 Å². The maximum Gasteiger partial charge on any atom is 0.126 e. The lowest BCUT2D eigenvalue weighted by molar-refractivity contribution is 0.376. The lowest BCUT2D eigenvalue weighted by Gasteiger charge is -2.23. The van der Waals surface area contributed by atoms with Crippen LogP contribution in [0.25, 0.3) is 0 Å². The van der Waals surface area contributed by atoms with E-state index in [1.54, 1.807) is 14.2 Å². The number of ether oxygens (including phenoxy) is 2. The molecule has 0 amide bonds. The Morgan fingerprint density at radius 3 is 2.67 bits per heavy atom. The second-order valence-corrected chi connectivity index (χ2v) is 6.46. The molecule has 3 heteroatoms. The Kier molecular flexibility index (Phi) is 5.92. The number of rotatable bonds is 7. The van der Waals surface area contributed by atoms with E-state index in [0.29, 0.717) is 17.8 Å². The lowest BCUT2D eigenvalue weighted by Crippen LogP contribution is -2.27. The normalized spacial score (nSPS) is 21.8. The van der Waals surface area contributed by atoms with E-state index in [2.05, 4.69) is 31.3 Å². The van der Waals surface area contributed by atoms with Crippen molar-refractivity contribution in [3.8, 4) is 11.5 Å². The van der Waals surface area contributed by atoms with E-state index in [-0.39, 0.29) is 0 Å². The molecule has 1 N–H and O–H groups in total. The van der Waals surface area contributed by atoms with Crippen molar-refractivity contribution in [3.63, 3.8) is 0 Å². The number of methoxy groups -OCH3 is 2. The molecule has 1 saturated carbocycles. The molecule has 21 heavy (non-hydrogen) atoms. The van der Waals surface area contributed by atoms with Crippen LogP contribution in [0.4, 0.5) is 0 Å². The van der Waals surface area contributed by atoms with Gasteiger partial charge in [-0.2, -0.15) is 0 Å². The van der Waals surface area contributed by atoms with Crippen LogP contribution in [0.15, 0.2) is 18.2 Å². The highest BCUT2D eigenvalue weighted by Gasteiger charge is 2.30. The van der Waals surface area contributed by atoms with Gasteiger partial charge in [0, 0.05) is 6.07 Å². The fourth-order valence-electron chi connectivity index (χ4n) is 3.37. The first-order chi connectivity index (χ1) is 10.2. The van der Waals surface area contributed by atoms with Crippen molar-refractivity contribution in [1.29, 1.82) is 0 Å². The zero-order chi connectivity index (χ0) is 15.2. The molecular formula is C18H29NO2. The topological polar surface area (TPSA) is 30.5 Å². The van der Waals surface area contributed by atoms with E-state index in [9.17, 15) is 0 Å². The van der Waals surface area contributed by atoms with E-state index >= 15 is 0 Å². The smallest absolute Gasteiger partial charge is 0.126 e. The summed E-state index contributed by atoms with van der Waals surface area (Å²) >= 11 is 0. The average molecular weight is 291 g/mol. The predicted molar refractivity (Wildman–Crippen MR) is 87.3 cm³/mol. The van der Waals surface area contributed by atoms with Gasteiger partial charge in [0.1, 0.15) is 11.5 Å². The molecule has 0 radical (unpaired) electrons. The summed E-state index contributed by atoms with van der Waals surface area (Å²) < 4.78 is 10.9. The molecule has 0 aromatic heterocycles. The summed E-state index contributed by atoms with van der Waals surface area (Å²) in [6, 6.07) is 6.24. The SMILES string of the molecule is COc1ccc(C2CCCC2CNCC(C)C)c(OC)c1. The molecule has 1 aliphatic rings. The third kappa shape index (κ3) is 4.13. The second-order valence-electron chi connectivity index (χ2n) is 6.46. The fraction of sp³-hybridized carbons (Fsp3) is 0.667. The van der Waals surface area contributed by atoms with Crippen LogP contribution in [-0.2, 0) is 0 Å². The monoisotopic (exact) mass is 291 g/mol. The van der Waals surface area contributed by atoms with Crippen molar-refractivity contribution in [2.24, 2.45) is 11.8 Å². The summed E-state index contributed by atoms with van der Waals surface area (Å²) in [5, 5.41) is 3.62. The molecule has 0 spiro atoms. The Hall–Kier alpha value is -1.22. The molecule has 3 nitrogen and oxygen atoms in total. The highest BCUT2D eigenvalue weighted by molar-refractivity contribution is 5.43. The maximum atomic E-state index is 5.59. The molecule has 0 bridgehead atoms. The van der Waals surface area contributed by atoms with Gasteiger partial charge in [0.15, 0.2) is 0 Å². The molecule has 2 rings (SSSR count). The zero-order valence-corrected chi connectivity index (χ0v) is 13.8. The van der Waals surface area contributed by atoms with Crippen molar-refractivity contribution in [2.45, 2.75) is 39.0 Å². The molecule has 1 aromatic carbocycles. The van der Waals surface area contributed by atoms with E-state index in [4.69, 9.17) is 9.47 Å². The van der Waals surface area contributed by atoms with E-state index in [1.165, 1.54) is 24.8 Å². The van der Waals surface area contributed by atoms with Gasteiger partial charge in [-0.3, -0.25) is 0 Å². The molecule has 0 aliphatic heterocycles. The van der Waals surface area contributed by atoms with Gasteiger partial charge in [-0.25, -0.2) is 0 Å². The minimum Gasteiger partial charge on any atom is -0.497 e. The highest BCUT2D eigenvalue weighted by atomic mass is 16.5. The molecule has 0 heterocycles. The zero-order valence-electron chi connectivity index (χ0n) is 13.8. The third-order valence-corrected chi connectivity index (χ3v) is 4.46. The highest BCUT2D eigenvalue weighted by Crippen LogP contribution is 2.43. The van der Waals surface area contributed by atoms with Crippen molar-refractivity contribution < 1.29 is 9.47 Å². The molecule has 2 unspecified atom stereocenters. The molecule has 2 atom stereocenters. The van der Waals surface area contributed by atoms with Gasteiger partial charge in [0.25, 0.3) is 0 Å². The van der Waals surface area contributed by atoms with Gasteiger partial charge in [-0.15, -0.1) is 0 Å². The summed E-state index contributed by atoms with van der Waals surface area (Å²) in [5.41, 5.74) is 1.34. The van der Waals surface area contributed by atoms with Crippen LogP contribution in [0.1, 0.15) is 44.6 Å². The first-order valence-electron chi connectivity index (χ1n) is 8.08. The van der Waals surface area contributed by atoms with E-state index < -0.39 is 0 Å². The van der Waals surface area contributed by atoms with Crippen molar-refractivity contribution in [2.75, 3.05) is 27.3 Å². The fourth-order valence-corrected chi connectivity index (χ4v) is 3.37. The van der Waals surface area contributed by atoms with Gasteiger partial charge in [-0.1, -0.05) is 26.3 Å². The van der Waals surface area contributed by atoms with Crippen LogP contribution in [0.5, 0.6) is 11.5 Å². The van der Waals surface area contributed by atoms with Crippen LogP contribution in [0, 0.1) is 11.8 Å². The van der Waals surface area contributed by atoms with Crippen LogP contribution in [0.3, 0.4) is 0 Å². The largest absolute Gasteiger partial charge is 0.497 e. The van der Waals surface area contributed by atoms with Crippen LogP contribution >= 0.6 is 0 Å². The minimum absolute atomic E-state index is 0.602. The van der Waals surface area contributed by atoms with Gasteiger partial charge >= 0.3 is 0 Å². The minimum atomic E-state index is 0.602. The summed E-state index contributed by atoms with van der Waals surface area (Å²) in [5.74, 6) is 3.86. The van der Waals surface area contributed by atoms with Crippen molar-refractivity contribution >= 4 is 0 Å². The Morgan fingerprint density at radius 2 is 2.00 bits per heavy atom. The van der Waals surface area contributed by atoms with Crippen LogP contribution in [0.2, 0.25) is 0 Å². The van der Waals surface area contributed by atoms with Crippen LogP contribution in [-0.4, -0.2) is 27.3 Å². The van der Waals surface area contributed by atoms with Gasteiger partial charge in [-0.05, 0) is 55.3 Å². The van der Waals surface area contributed by atoms with Crippen LogP contribution < -0.4 is 14.8 Å². The Labute approximate surface area is 129 Å². The number of hydrogen-bond donors (Lipinski definition) is 1. The lowest BCUT2D eigenvalue weighted by atomic mass is 9.88. The first kappa shape index (κ1) is 16.2. The van der Waals surface area contributed by atoms with Crippen molar-refractivity contribution in [3.05, 3.63) is 23.8 Å². The summed E-state index contributed by atoms with van der Waals surface area (Å²) in [4.78, 5) is 0.